The number of hydrogen-bond donors (Lipinski definition) is 1. The Morgan fingerprint density at radius 3 is 2.47 bits per heavy atom. The standard InChI is InChI=1S/C24H31N3O3/c1-16(2)6-8-25-24(28)14-21(18-11-19(29-4)13-20(12-18)30-5)22-15-26-23-10-17(3)7-9-27(22)23/h7,9-13,15-16,21H,6,8,14H2,1-5H3,(H,25,28). The van der Waals surface area contributed by atoms with Crippen molar-refractivity contribution in [3.63, 3.8) is 0 Å². The number of aryl methyl sites for hydroxylation is 1. The zero-order chi connectivity index (χ0) is 21.7. The Kier molecular flexibility index (Phi) is 6.98. The number of hydrogen-bond acceptors (Lipinski definition) is 4. The lowest BCUT2D eigenvalue weighted by atomic mass is 9.91. The van der Waals surface area contributed by atoms with Crippen LogP contribution in [0.1, 0.15) is 49.4 Å². The van der Waals surface area contributed by atoms with Gasteiger partial charge in [0.25, 0.3) is 0 Å². The van der Waals surface area contributed by atoms with Crippen LogP contribution in [0.5, 0.6) is 11.5 Å². The number of imidazole rings is 1. The van der Waals surface area contributed by atoms with Crippen LogP contribution in [0.25, 0.3) is 5.65 Å². The second kappa shape index (κ2) is 9.65. The van der Waals surface area contributed by atoms with Crippen LogP contribution in [0.4, 0.5) is 0 Å². The number of carbonyl (C=O) groups excluding carboxylic acids is 1. The summed E-state index contributed by atoms with van der Waals surface area (Å²) < 4.78 is 13.0. The van der Waals surface area contributed by atoms with E-state index in [-0.39, 0.29) is 11.8 Å². The molecule has 0 spiro atoms. The van der Waals surface area contributed by atoms with E-state index in [0.29, 0.717) is 30.4 Å². The first kappa shape index (κ1) is 21.7. The van der Waals surface area contributed by atoms with Gasteiger partial charge in [0, 0.05) is 37.3 Å². The van der Waals surface area contributed by atoms with Crippen molar-refractivity contribution in [2.24, 2.45) is 5.92 Å². The molecule has 1 aromatic carbocycles. The second-order valence-corrected chi connectivity index (χ2v) is 8.05. The van der Waals surface area contributed by atoms with Crippen molar-refractivity contribution in [2.45, 2.75) is 39.5 Å². The number of benzene rings is 1. The third-order valence-corrected chi connectivity index (χ3v) is 5.26. The normalized spacial score (nSPS) is 12.2. The minimum absolute atomic E-state index is 0.0181. The highest BCUT2D eigenvalue weighted by Gasteiger charge is 2.23. The predicted molar refractivity (Wildman–Crippen MR) is 118 cm³/mol. The van der Waals surface area contributed by atoms with Gasteiger partial charge in [-0.05, 0) is 54.7 Å². The minimum atomic E-state index is -0.189. The summed E-state index contributed by atoms with van der Waals surface area (Å²) in [6.45, 7) is 7.02. The van der Waals surface area contributed by atoms with Gasteiger partial charge in [0.2, 0.25) is 5.91 Å². The van der Waals surface area contributed by atoms with Crippen LogP contribution >= 0.6 is 0 Å². The molecule has 2 heterocycles. The smallest absolute Gasteiger partial charge is 0.221 e. The fraction of sp³-hybridized carbons (Fsp3) is 0.417. The molecule has 0 saturated heterocycles. The fourth-order valence-corrected chi connectivity index (χ4v) is 3.54. The van der Waals surface area contributed by atoms with Crippen molar-refractivity contribution >= 4 is 11.6 Å². The molecule has 0 aliphatic rings. The molecule has 30 heavy (non-hydrogen) atoms. The molecule has 1 N–H and O–H groups in total. The number of fused-ring (bicyclic) bond motifs is 1. The van der Waals surface area contributed by atoms with Crippen LogP contribution < -0.4 is 14.8 Å². The molecule has 0 aliphatic carbocycles. The van der Waals surface area contributed by atoms with E-state index in [2.05, 4.69) is 24.1 Å². The molecule has 6 nitrogen and oxygen atoms in total. The number of aromatic nitrogens is 2. The second-order valence-electron chi connectivity index (χ2n) is 8.05. The lowest BCUT2D eigenvalue weighted by molar-refractivity contribution is -0.121. The average Bonchev–Trinajstić information content (AvgIpc) is 3.13. The maximum Gasteiger partial charge on any atom is 0.221 e. The van der Waals surface area contributed by atoms with Crippen LogP contribution in [0, 0.1) is 12.8 Å². The van der Waals surface area contributed by atoms with E-state index in [4.69, 9.17) is 9.47 Å². The average molecular weight is 410 g/mol. The minimum Gasteiger partial charge on any atom is -0.497 e. The maximum atomic E-state index is 12.8. The topological polar surface area (TPSA) is 64.9 Å². The SMILES string of the molecule is COc1cc(OC)cc(C(CC(=O)NCCC(C)C)c2cnc3cc(C)ccn23)c1. The summed E-state index contributed by atoms with van der Waals surface area (Å²) in [5, 5.41) is 3.06. The lowest BCUT2D eigenvalue weighted by Crippen LogP contribution is -2.27. The molecule has 1 amide bonds. The first-order valence-electron chi connectivity index (χ1n) is 10.3. The van der Waals surface area contributed by atoms with Gasteiger partial charge in [0.15, 0.2) is 0 Å². The molecular formula is C24H31N3O3. The van der Waals surface area contributed by atoms with Gasteiger partial charge in [0.05, 0.1) is 19.9 Å². The molecule has 3 aromatic rings. The maximum absolute atomic E-state index is 12.8. The van der Waals surface area contributed by atoms with Crippen LogP contribution in [0.3, 0.4) is 0 Å². The van der Waals surface area contributed by atoms with Crippen LogP contribution in [0.15, 0.2) is 42.7 Å². The molecule has 0 radical (unpaired) electrons. The van der Waals surface area contributed by atoms with Crippen molar-refractivity contribution in [1.82, 2.24) is 14.7 Å². The van der Waals surface area contributed by atoms with Gasteiger partial charge in [-0.2, -0.15) is 0 Å². The summed E-state index contributed by atoms with van der Waals surface area (Å²) >= 11 is 0. The Labute approximate surface area is 178 Å². The molecule has 3 rings (SSSR count). The van der Waals surface area contributed by atoms with Gasteiger partial charge >= 0.3 is 0 Å². The molecule has 1 atom stereocenters. The molecule has 0 bridgehead atoms. The number of ether oxygens (including phenoxy) is 2. The summed E-state index contributed by atoms with van der Waals surface area (Å²) in [6.07, 6.45) is 5.13. The molecule has 2 aromatic heterocycles. The monoisotopic (exact) mass is 409 g/mol. The number of pyridine rings is 1. The van der Waals surface area contributed by atoms with E-state index in [0.717, 1.165) is 28.9 Å². The van der Waals surface area contributed by atoms with E-state index < -0.39 is 0 Å². The summed E-state index contributed by atoms with van der Waals surface area (Å²) in [6, 6.07) is 9.84. The Morgan fingerprint density at radius 2 is 1.83 bits per heavy atom. The van der Waals surface area contributed by atoms with Crippen molar-refractivity contribution in [3.8, 4) is 11.5 Å². The lowest BCUT2D eigenvalue weighted by Gasteiger charge is -2.19. The molecule has 160 valence electrons. The predicted octanol–water partition coefficient (Wildman–Crippen LogP) is 4.34. The van der Waals surface area contributed by atoms with Crippen LogP contribution in [-0.2, 0) is 4.79 Å². The van der Waals surface area contributed by atoms with Gasteiger partial charge in [-0.3, -0.25) is 4.79 Å². The number of nitrogens with one attached hydrogen (secondary N) is 1. The third kappa shape index (κ3) is 5.12. The van der Waals surface area contributed by atoms with Crippen molar-refractivity contribution in [1.29, 1.82) is 0 Å². The Morgan fingerprint density at radius 1 is 1.13 bits per heavy atom. The molecule has 1 unspecified atom stereocenters. The first-order chi connectivity index (χ1) is 14.4. The van der Waals surface area contributed by atoms with E-state index in [1.54, 1.807) is 14.2 Å². The Bertz CT molecular complexity index is 988. The number of rotatable bonds is 9. The van der Waals surface area contributed by atoms with Crippen molar-refractivity contribution in [3.05, 3.63) is 59.5 Å². The van der Waals surface area contributed by atoms with Gasteiger partial charge in [0.1, 0.15) is 17.1 Å². The van der Waals surface area contributed by atoms with Crippen LogP contribution in [0.2, 0.25) is 0 Å². The zero-order valence-electron chi connectivity index (χ0n) is 18.4. The quantitative estimate of drug-likeness (QED) is 0.571. The number of nitrogens with zero attached hydrogens (tertiary/aromatic N) is 2. The molecule has 0 aliphatic heterocycles. The Hall–Kier alpha value is -3.02. The van der Waals surface area contributed by atoms with Gasteiger partial charge in [-0.15, -0.1) is 0 Å². The number of amides is 1. The fourth-order valence-electron chi connectivity index (χ4n) is 3.54. The number of carbonyl (C=O) groups is 1. The Balaban J connectivity index is 1.99. The highest BCUT2D eigenvalue weighted by atomic mass is 16.5. The molecule has 6 heteroatoms. The highest BCUT2D eigenvalue weighted by molar-refractivity contribution is 5.77. The highest BCUT2D eigenvalue weighted by Crippen LogP contribution is 2.34. The van der Waals surface area contributed by atoms with Crippen molar-refractivity contribution in [2.75, 3.05) is 20.8 Å². The van der Waals surface area contributed by atoms with E-state index in [9.17, 15) is 4.79 Å². The third-order valence-electron chi connectivity index (χ3n) is 5.26. The number of methoxy groups -OCH3 is 2. The van der Waals surface area contributed by atoms with E-state index >= 15 is 0 Å². The zero-order valence-corrected chi connectivity index (χ0v) is 18.4. The first-order valence-corrected chi connectivity index (χ1v) is 10.3. The summed E-state index contributed by atoms with van der Waals surface area (Å²) in [5.41, 5.74) is 3.92. The summed E-state index contributed by atoms with van der Waals surface area (Å²) in [5.74, 6) is 1.76. The van der Waals surface area contributed by atoms with E-state index in [1.165, 1.54) is 0 Å². The van der Waals surface area contributed by atoms with Gasteiger partial charge in [-0.25, -0.2) is 4.98 Å². The van der Waals surface area contributed by atoms with Crippen molar-refractivity contribution < 1.29 is 14.3 Å². The van der Waals surface area contributed by atoms with Gasteiger partial charge < -0.3 is 19.2 Å². The van der Waals surface area contributed by atoms with Crippen LogP contribution in [-0.4, -0.2) is 36.1 Å². The summed E-state index contributed by atoms with van der Waals surface area (Å²) in [4.78, 5) is 17.4. The molecule has 0 saturated carbocycles. The largest absolute Gasteiger partial charge is 0.497 e. The summed E-state index contributed by atoms with van der Waals surface area (Å²) in [7, 11) is 3.26. The molecule has 0 fully saturated rings. The molecular weight excluding hydrogens is 378 g/mol. The van der Waals surface area contributed by atoms with E-state index in [1.807, 2.05) is 54.0 Å². The van der Waals surface area contributed by atoms with Gasteiger partial charge in [-0.1, -0.05) is 13.8 Å².